The van der Waals surface area contributed by atoms with Crippen molar-refractivity contribution in [1.29, 1.82) is 0 Å². The van der Waals surface area contributed by atoms with Crippen molar-refractivity contribution in [1.82, 2.24) is 0 Å². The van der Waals surface area contributed by atoms with Crippen LogP contribution in [-0.2, 0) is 15.1 Å². The van der Waals surface area contributed by atoms with Gasteiger partial charge in [-0.15, -0.1) is 0 Å². The van der Waals surface area contributed by atoms with Crippen LogP contribution in [0.1, 0.15) is 41.6 Å². The number of aliphatic hydroxyl groups is 1. The molecule has 1 aromatic rings. The monoisotopic (exact) mass is 276 g/mol. The number of benzene rings is 1. The van der Waals surface area contributed by atoms with Crippen molar-refractivity contribution in [2.75, 3.05) is 20.3 Å². The first kappa shape index (κ1) is 13.6. The summed E-state index contributed by atoms with van der Waals surface area (Å²) in [4.78, 5) is 11.7. The first-order chi connectivity index (χ1) is 9.63. The summed E-state index contributed by atoms with van der Waals surface area (Å²) < 4.78 is 10.9. The highest BCUT2D eigenvalue weighted by Crippen LogP contribution is 2.53. The lowest BCUT2D eigenvalue weighted by molar-refractivity contribution is -0.199. The minimum atomic E-state index is -0.320. The zero-order chi connectivity index (χ0) is 14.2. The molecule has 108 valence electrons. The SMILES string of the molecule is COC(=O)c1cccc(C23CCC(CO)(CC2)CO3)c1. The van der Waals surface area contributed by atoms with Gasteiger partial charge in [0.1, 0.15) is 0 Å². The second kappa shape index (κ2) is 4.86. The Labute approximate surface area is 118 Å². The van der Waals surface area contributed by atoms with E-state index in [2.05, 4.69) is 0 Å². The quantitative estimate of drug-likeness (QED) is 0.860. The fraction of sp³-hybridized carbons (Fsp3) is 0.562. The van der Waals surface area contributed by atoms with Gasteiger partial charge in [0.15, 0.2) is 0 Å². The molecule has 2 aliphatic heterocycles. The molecule has 0 radical (unpaired) electrons. The molecule has 0 unspecified atom stereocenters. The number of carbonyl (C=O) groups excluding carboxylic acids is 1. The zero-order valence-electron chi connectivity index (χ0n) is 11.7. The van der Waals surface area contributed by atoms with E-state index in [0.29, 0.717) is 12.2 Å². The van der Waals surface area contributed by atoms with Crippen LogP contribution >= 0.6 is 0 Å². The number of esters is 1. The summed E-state index contributed by atoms with van der Waals surface area (Å²) in [5.74, 6) is -0.320. The Morgan fingerprint density at radius 1 is 1.35 bits per heavy atom. The molecule has 0 aromatic heterocycles. The first-order valence-corrected chi connectivity index (χ1v) is 7.07. The predicted molar refractivity (Wildman–Crippen MR) is 73.4 cm³/mol. The van der Waals surface area contributed by atoms with Crippen LogP contribution in [0.5, 0.6) is 0 Å². The highest BCUT2D eigenvalue weighted by Gasteiger charge is 2.50. The molecule has 4 rings (SSSR count). The molecule has 2 saturated heterocycles. The van der Waals surface area contributed by atoms with Crippen LogP contribution in [0.2, 0.25) is 0 Å². The number of ether oxygens (including phenoxy) is 2. The Hall–Kier alpha value is -1.39. The molecule has 2 bridgehead atoms. The molecule has 0 amide bonds. The summed E-state index contributed by atoms with van der Waals surface area (Å²) in [5.41, 5.74) is 1.28. The van der Waals surface area contributed by atoms with Gasteiger partial charge in [-0.3, -0.25) is 0 Å². The second-order valence-corrected chi connectivity index (χ2v) is 6.01. The molecule has 1 aliphatic carbocycles. The van der Waals surface area contributed by atoms with Crippen molar-refractivity contribution in [2.24, 2.45) is 5.41 Å². The van der Waals surface area contributed by atoms with Crippen LogP contribution in [0, 0.1) is 5.41 Å². The van der Waals surface area contributed by atoms with Crippen LogP contribution in [0.15, 0.2) is 24.3 Å². The molecule has 1 saturated carbocycles. The van der Waals surface area contributed by atoms with Gasteiger partial charge < -0.3 is 14.6 Å². The Morgan fingerprint density at radius 2 is 2.10 bits per heavy atom. The number of fused-ring (bicyclic) bond motifs is 3. The fourth-order valence-corrected chi connectivity index (χ4v) is 3.39. The van der Waals surface area contributed by atoms with Gasteiger partial charge in [-0.25, -0.2) is 4.79 Å². The van der Waals surface area contributed by atoms with Gasteiger partial charge in [0.25, 0.3) is 0 Å². The van der Waals surface area contributed by atoms with Crippen LogP contribution in [0.4, 0.5) is 0 Å². The number of rotatable bonds is 3. The van der Waals surface area contributed by atoms with Crippen LogP contribution in [0.3, 0.4) is 0 Å². The van der Waals surface area contributed by atoms with E-state index in [4.69, 9.17) is 9.47 Å². The lowest BCUT2D eigenvalue weighted by atomic mass is 9.64. The van der Waals surface area contributed by atoms with Crippen LogP contribution in [0.25, 0.3) is 0 Å². The number of hydrogen-bond donors (Lipinski definition) is 1. The van der Waals surface area contributed by atoms with E-state index in [1.54, 1.807) is 6.07 Å². The minimum absolute atomic E-state index is 0.0400. The molecular formula is C16H20O4. The molecule has 4 heteroatoms. The molecule has 3 fully saturated rings. The molecule has 2 heterocycles. The average Bonchev–Trinajstić information content (AvgIpc) is 2.56. The second-order valence-electron chi connectivity index (χ2n) is 6.01. The summed E-state index contributed by atoms with van der Waals surface area (Å²) >= 11 is 0. The third kappa shape index (κ3) is 2.03. The minimum Gasteiger partial charge on any atom is -0.465 e. The van der Waals surface area contributed by atoms with E-state index >= 15 is 0 Å². The summed E-state index contributed by atoms with van der Waals surface area (Å²) in [6.45, 7) is 0.803. The fourth-order valence-electron chi connectivity index (χ4n) is 3.39. The van der Waals surface area contributed by atoms with Crippen molar-refractivity contribution in [3.8, 4) is 0 Å². The highest BCUT2D eigenvalue weighted by atomic mass is 16.5. The van der Waals surface area contributed by atoms with E-state index in [0.717, 1.165) is 31.2 Å². The maximum absolute atomic E-state index is 11.7. The smallest absolute Gasteiger partial charge is 0.337 e. The maximum Gasteiger partial charge on any atom is 0.337 e. The molecule has 1 aromatic carbocycles. The van der Waals surface area contributed by atoms with Crippen molar-refractivity contribution >= 4 is 5.97 Å². The van der Waals surface area contributed by atoms with Gasteiger partial charge in [0.05, 0.1) is 31.5 Å². The van der Waals surface area contributed by atoms with E-state index in [1.807, 2.05) is 18.2 Å². The summed E-state index contributed by atoms with van der Waals surface area (Å²) in [6.07, 6.45) is 3.76. The third-order valence-corrected chi connectivity index (χ3v) is 4.92. The zero-order valence-corrected chi connectivity index (χ0v) is 11.7. The number of methoxy groups -OCH3 is 1. The molecule has 1 N–H and O–H groups in total. The molecule has 20 heavy (non-hydrogen) atoms. The van der Waals surface area contributed by atoms with Gasteiger partial charge in [0.2, 0.25) is 0 Å². The Balaban J connectivity index is 1.89. The number of hydrogen-bond acceptors (Lipinski definition) is 4. The normalized spacial score (nSPS) is 32.1. The summed E-state index contributed by atoms with van der Waals surface area (Å²) in [7, 11) is 1.39. The predicted octanol–water partition coefficient (Wildman–Crippen LogP) is 2.25. The van der Waals surface area contributed by atoms with E-state index in [-0.39, 0.29) is 23.6 Å². The average molecular weight is 276 g/mol. The van der Waals surface area contributed by atoms with Gasteiger partial charge in [-0.1, -0.05) is 12.1 Å². The lowest BCUT2D eigenvalue weighted by Gasteiger charge is -2.52. The van der Waals surface area contributed by atoms with E-state index in [1.165, 1.54) is 7.11 Å². The van der Waals surface area contributed by atoms with E-state index < -0.39 is 0 Å². The molecule has 3 aliphatic rings. The molecule has 0 spiro atoms. The highest BCUT2D eigenvalue weighted by molar-refractivity contribution is 5.89. The lowest BCUT2D eigenvalue weighted by Crippen LogP contribution is -2.50. The van der Waals surface area contributed by atoms with Crippen molar-refractivity contribution in [3.05, 3.63) is 35.4 Å². The number of carbonyl (C=O) groups is 1. The van der Waals surface area contributed by atoms with Crippen LogP contribution < -0.4 is 0 Å². The van der Waals surface area contributed by atoms with Gasteiger partial charge in [0, 0.05) is 5.41 Å². The number of aliphatic hydroxyl groups excluding tert-OH is 1. The van der Waals surface area contributed by atoms with Crippen LogP contribution in [-0.4, -0.2) is 31.4 Å². The summed E-state index contributed by atoms with van der Waals surface area (Å²) in [6, 6.07) is 7.53. The standard InChI is InChI=1S/C16H20O4/c1-19-14(18)12-3-2-4-13(9-12)16-7-5-15(10-17,6-8-16)11-20-16/h2-4,9,17H,5-8,10-11H2,1H3. The largest absolute Gasteiger partial charge is 0.465 e. The van der Waals surface area contributed by atoms with Crippen molar-refractivity contribution in [2.45, 2.75) is 31.3 Å². The summed E-state index contributed by atoms with van der Waals surface area (Å²) in [5, 5.41) is 9.53. The molecular weight excluding hydrogens is 256 g/mol. The van der Waals surface area contributed by atoms with Gasteiger partial charge >= 0.3 is 5.97 Å². The maximum atomic E-state index is 11.7. The van der Waals surface area contributed by atoms with E-state index in [9.17, 15) is 9.90 Å². The topological polar surface area (TPSA) is 55.8 Å². The van der Waals surface area contributed by atoms with Crippen molar-refractivity contribution < 1.29 is 19.4 Å². The van der Waals surface area contributed by atoms with Gasteiger partial charge in [-0.2, -0.15) is 0 Å². The Kier molecular flexibility index (Phi) is 3.30. The van der Waals surface area contributed by atoms with Crippen molar-refractivity contribution in [3.63, 3.8) is 0 Å². The molecule has 4 nitrogen and oxygen atoms in total. The first-order valence-electron chi connectivity index (χ1n) is 7.07. The Morgan fingerprint density at radius 3 is 2.65 bits per heavy atom. The molecule has 0 atom stereocenters. The Bertz CT molecular complexity index is 498. The van der Waals surface area contributed by atoms with Gasteiger partial charge in [-0.05, 0) is 43.4 Å². The third-order valence-electron chi connectivity index (χ3n) is 4.92.